The van der Waals surface area contributed by atoms with E-state index in [-0.39, 0.29) is 5.91 Å². The van der Waals surface area contributed by atoms with E-state index in [2.05, 4.69) is 19.2 Å². The number of amides is 1. The normalized spacial score (nSPS) is 25.5. The van der Waals surface area contributed by atoms with E-state index in [1.54, 1.807) is 24.3 Å². The number of ether oxygens (including phenoxy) is 1. The van der Waals surface area contributed by atoms with E-state index in [1.807, 2.05) is 0 Å². The summed E-state index contributed by atoms with van der Waals surface area (Å²) in [6.45, 7) is 5.08. The van der Waals surface area contributed by atoms with Gasteiger partial charge in [0.15, 0.2) is 0 Å². The van der Waals surface area contributed by atoms with Crippen molar-refractivity contribution in [2.45, 2.75) is 45.6 Å². The van der Waals surface area contributed by atoms with Gasteiger partial charge in [-0.25, -0.2) is 0 Å². The third-order valence-corrected chi connectivity index (χ3v) is 4.43. The van der Waals surface area contributed by atoms with E-state index in [4.69, 9.17) is 10.5 Å². The van der Waals surface area contributed by atoms with Crippen LogP contribution in [0.1, 0.15) is 39.5 Å². The Labute approximate surface area is 127 Å². The molecule has 0 saturated heterocycles. The number of nitrogen functional groups attached to an aromatic ring is 1. The molecular weight excluding hydrogens is 264 g/mol. The lowest BCUT2D eigenvalue weighted by atomic mass is 9.80. The van der Waals surface area contributed by atoms with Gasteiger partial charge in [0.25, 0.3) is 0 Å². The van der Waals surface area contributed by atoms with Crippen molar-refractivity contribution in [3.8, 4) is 0 Å². The highest BCUT2D eigenvalue weighted by Crippen LogP contribution is 2.30. The largest absolute Gasteiger partial charge is 0.399 e. The zero-order chi connectivity index (χ0) is 15.2. The summed E-state index contributed by atoms with van der Waals surface area (Å²) in [5.41, 5.74) is 7.07. The number of carbonyl (C=O) groups excluding carboxylic acids is 1. The molecule has 3 atom stereocenters. The molecule has 1 amide bonds. The molecule has 1 aliphatic carbocycles. The number of carbonyl (C=O) groups is 1. The molecule has 116 valence electrons. The highest BCUT2D eigenvalue weighted by atomic mass is 16.5. The molecule has 1 aromatic carbocycles. The lowest BCUT2D eigenvalue weighted by molar-refractivity contribution is -0.118. The summed E-state index contributed by atoms with van der Waals surface area (Å²) >= 11 is 0. The Morgan fingerprint density at radius 3 is 2.62 bits per heavy atom. The standard InChI is InChI=1S/C17H26N2O2/c1-12-3-8-16(11-13(12)2)21-10-9-17(20)19-15-6-4-14(18)5-7-15/h4-7,12-13,16H,3,8-11,18H2,1-2H3,(H,19,20). The van der Waals surface area contributed by atoms with Crippen molar-refractivity contribution in [1.82, 2.24) is 0 Å². The first-order valence-corrected chi connectivity index (χ1v) is 7.81. The second-order valence-corrected chi connectivity index (χ2v) is 6.18. The number of nitrogens with two attached hydrogens (primary N) is 1. The van der Waals surface area contributed by atoms with Crippen LogP contribution >= 0.6 is 0 Å². The molecule has 0 spiro atoms. The average molecular weight is 290 g/mol. The van der Waals surface area contributed by atoms with Gasteiger partial charge in [0.05, 0.1) is 19.1 Å². The zero-order valence-corrected chi connectivity index (χ0v) is 13.0. The topological polar surface area (TPSA) is 64.3 Å². The van der Waals surface area contributed by atoms with Crippen LogP contribution in [0, 0.1) is 11.8 Å². The number of rotatable bonds is 5. The van der Waals surface area contributed by atoms with Crippen LogP contribution in [0.5, 0.6) is 0 Å². The molecule has 0 bridgehead atoms. The molecule has 21 heavy (non-hydrogen) atoms. The minimum absolute atomic E-state index is 0.0167. The molecule has 4 nitrogen and oxygen atoms in total. The van der Waals surface area contributed by atoms with Crippen LogP contribution in [0.3, 0.4) is 0 Å². The van der Waals surface area contributed by atoms with Crippen LogP contribution in [0.25, 0.3) is 0 Å². The van der Waals surface area contributed by atoms with E-state index in [9.17, 15) is 4.79 Å². The van der Waals surface area contributed by atoms with Crippen LogP contribution in [0.2, 0.25) is 0 Å². The van der Waals surface area contributed by atoms with Gasteiger partial charge in [-0.05, 0) is 55.4 Å². The summed E-state index contributed by atoms with van der Waals surface area (Å²) in [6, 6.07) is 7.16. The Hall–Kier alpha value is -1.55. The Kier molecular flexibility index (Phi) is 5.62. The van der Waals surface area contributed by atoms with E-state index in [1.165, 1.54) is 6.42 Å². The van der Waals surface area contributed by atoms with Crippen molar-refractivity contribution in [1.29, 1.82) is 0 Å². The summed E-state index contributed by atoms with van der Waals surface area (Å²) in [6.07, 6.45) is 4.17. The summed E-state index contributed by atoms with van der Waals surface area (Å²) in [7, 11) is 0. The minimum atomic E-state index is -0.0167. The maximum Gasteiger partial charge on any atom is 0.226 e. The van der Waals surface area contributed by atoms with Crippen molar-refractivity contribution in [2.75, 3.05) is 17.7 Å². The fourth-order valence-corrected chi connectivity index (χ4v) is 2.76. The lowest BCUT2D eigenvalue weighted by Gasteiger charge is -2.31. The molecule has 1 aromatic rings. The van der Waals surface area contributed by atoms with Crippen LogP contribution in [-0.2, 0) is 9.53 Å². The van der Waals surface area contributed by atoms with Gasteiger partial charge in [-0.1, -0.05) is 13.8 Å². The summed E-state index contributed by atoms with van der Waals surface area (Å²) in [5.74, 6) is 1.49. The van der Waals surface area contributed by atoms with Crippen LogP contribution in [0.4, 0.5) is 11.4 Å². The molecule has 2 rings (SSSR count). The van der Waals surface area contributed by atoms with Crippen molar-refractivity contribution < 1.29 is 9.53 Å². The highest BCUT2D eigenvalue weighted by molar-refractivity contribution is 5.90. The molecule has 3 N–H and O–H groups in total. The fourth-order valence-electron chi connectivity index (χ4n) is 2.76. The van der Waals surface area contributed by atoms with Crippen molar-refractivity contribution in [2.24, 2.45) is 11.8 Å². The molecule has 0 aliphatic heterocycles. The highest BCUT2D eigenvalue weighted by Gasteiger charge is 2.24. The van der Waals surface area contributed by atoms with Crippen molar-refractivity contribution in [3.63, 3.8) is 0 Å². The first-order chi connectivity index (χ1) is 10.0. The fraction of sp³-hybridized carbons (Fsp3) is 0.588. The van der Waals surface area contributed by atoms with Gasteiger partial charge in [-0.3, -0.25) is 4.79 Å². The second kappa shape index (κ2) is 7.46. The lowest BCUT2D eigenvalue weighted by Crippen LogP contribution is -2.27. The van der Waals surface area contributed by atoms with Gasteiger partial charge in [-0.2, -0.15) is 0 Å². The van der Waals surface area contributed by atoms with E-state index in [0.29, 0.717) is 30.7 Å². The first kappa shape index (κ1) is 15.8. The van der Waals surface area contributed by atoms with Gasteiger partial charge < -0.3 is 15.8 Å². The average Bonchev–Trinajstić information content (AvgIpc) is 2.45. The number of benzene rings is 1. The van der Waals surface area contributed by atoms with Gasteiger partial charge in [-0.15, -0.1) is 0 Å². The molecule has 3 unspecified atom stereocenters. The van der Waals surface area contributed by atoms with Gasteiger partial charge in [0.1, 0.15) is 0 Å². The Bertz CT molecular complexity index is 458. The summed E-state index contributed by atoms with van der Waals surface area (Å²) < 4.78 is 5.85. The quantitative estimate of drug-likeness (QED) is 0.816. The van der Waals surface area contributed by atoms with Crippen LogP contribution in [-0.4, -0.2) is 18.6 Å². The van der Waals surface area contributed by atoms with Gasteiger partial charge >= 0.3 is 0 Å². The predicted octanol–water partition coefficient (Wildman–Crippen LogP) is 3.44. The Morgan fingerprint density at radius 2 is 1.95 bits per heavy atom. The third kappa shape index (κ3) is 5.05. The molecule has 1 saturated carbocycles. The maximum atomic E-state index is 11.8. The number of anilines is 2. The molecule has 0 heterocycles. The van der Waals surface area contributed by atoms with Crippen LogP contribution < -0.4 is 11.1 Å². The molecular formula is C17H26N2O2. The number of hydrogen-bond donors (Lipinski definition) is 2. The molecule has 4 heteroatoms. The number of nitrogens with one attached hydrogen (secondary N) is 1. The molecule has 0 radical (unpaired) electrons. The minimum Gasteiger partial charge on any atom is -0.399 e. The Morgan fingerprint density at radius 1 is 1.24 bits per heavy atom. The van der Waals surface area contributed by atoms with E-state index in [0.717, 1.165) is 24.4 Å². The molecule has 0 aromatic heterocycles. The van der Waals surface area contributed by atoms with Gasteiger partial charge in [0.2, 0.25) is 5.91 Å². The number of hydrogen-bond acceptors (Lipinski definition) is 3. The SMILES string of the molecule is CC1CCC(OCCC(=O)Nc2ccc(N)cc2)CC1C. The van der Waals surface area contributed by atoms with Crippen molar-refractivity contribution in [3.05, 3.63) is 24.3 Å². The second-order valence-electron chi connectivity index (χ2n) is 6.18. The van der Waals surface area contributed by atoms with Crippen molar-refractivity contribution >= 4 is 17.3 Å². The van der Waals surface area contributed by atoms with E-state index < -0.39 is 0 Å². The predicted molar refractivity (Wildman–Crippen MR) is 86.0 cm³/mol. The van der Waals surface area contributed by atoms with Gasteiger partial charge in [0, 0.05) is 11.4 Å². The molecule has 1 aliphatic rings. The maximum absolute atomic E-state index is 11.8. The van der Waals surface area contributed by atoms with E-state index >= 15 is 0 Å². The Balaban J connectivity index is 1.66. The zero-order valence-electron chi connectivity index (χ0n) is 13.0. The first-order valence-electron chi connectivity index (χ1n) is 7.81. The van der Waals surface area contributed by atoms with Crippen LogP contribution in [0.15, 0.2) is 24.3 Å². The summed E-state index contributed by atoms with van der Waals surface area (Å²) in [5, 5.41) is 2.85. The summed E-state index contributed by atoms with van der Waals surface area (Å²) in [4.78, 5) is 11.8. The third-order valence-electron chi connectivity index (χ3n) is 4.43. The smallest absolute Gasteiger partial charge is 0.226 e. The molecule has 1 fully saturated rings. The monoisotopic (exact) mass is 290 g/mol.